The molecule has 2 N–H and O–H groups in total. The lowest BCUT2D eigenvalue weighted by molar-refractivity contribution is -0.136. The average molecular weight is 314 g/mol. The van der Waals surface area contributed by atoms with Crippen LogP contribution in [0.5, 0.6) is 0 Å². The molecule has 1 atom stereocenters. The van der Waals surface area contributed by atoms with E-state index in [0.29, 0.717) is 49.9 Å². The maximum Gasteiger partial charge on any atom is 0.226 e. The summed E-state index contributed by atoms with van der Waals surface area (Å²) in [5, 5.41) is 0.449. The fourth-order valence-electron chi connectivity index (χ4n) is 2.45. The van der Waals surface area contributed by atoms with E-state index in [1.807, 2.05) is 11.8 Å². The van der Waals surface area contributed by atoms with Crippen LogP contribution in [0.2, 0.25) is 5.02 Å². The van der Waals surface area contributed by atoms with Crippen molar-refractivity contribution < 1.29 is 9.18 Å². The Morgan fingerprint density at radius 2 is 2.05 bits per heavy atom. The average Bonchev–Trinajstić information content (AvgIpc) is 2.50. The topological polar surface area (TPSA) is 49.6 Å². The summed E-state index contributed by atoms with van der Waals surface area (Å²) in [7, 11) is 0. The highest BCUT2D eigenvalue weighted by atomic mass is 35.5. The quantitative estimate of drug-likeness (QED) is 0.921. The molecule has 0 radical (unpaired) electrons. The van der Waals surface area contributed by atoms with Crippen molar-refractivity contribution in [3.05, 3.63) is 34.6 Å². The molecule has 1 fully saturated rings. The zero-order valence-corrected chi connectivity index (χ0v) is 12.9. The SMILES string of the molecule is CC(CN)C(=O)N1CCN(Cc2c(F)cccc2Cl)CC1. The van der Waals surface area contributed by atoms with Crippen molar-refractivity contribution in [2.24, 2.45) is 11.7 Å². The van der Waals surface area contributed by atoms with E-state index in [1.54, 1.807) is 12.1 Å². The first-order valence-corrected chi connectivity index (χ1v) is 7.54. The van der Waals surface area contributed by atoms with Crippen molar-refractivity contribution in [1.29, 1.82) is 0 Å². The number of carbonyl (C=O) groups is 1. The highest BCUT2D eigenvalue weighted by Gasteiger charge is 2.24. The number of nitrogens with zero attached hydrogens (tertiary/aromatic N) is 2. The summed E-state index contributed by atoms with van der Waals surface area (Å²) in [6.45, 7) is 5.41. The number of rotatable bonds is 4. The van der Waals surface area contributed by atoms with Crippen molar-refractivity contribution in [1.82, 2.24) is 9.80 Å². The van der Waals surface area contributed by atoms with Crippen LogP contribution < -0.4 is 5.73 Å². The Kier molecular flexibility index (Phi) is 5.56. The minimum absolute atomic E-state index is 0.0982. The van der Waals surface area contributed by atoms with Gasteiger partial charge in [0.15, 0.2) is 0 Å². The van der Waals surface area contributed by atoms with E-state index < -0.39 is 0 Å². The van der Waals surface area contributed by atoms with Crippen LogP contribution in [-0.2, 0) is 11.3 Å². The molecule has 0 aliphatic carbocycles. The van der Waals surface area contributed by atoms with Crippen LogP contribution in [0.1, 0.15) is 12.5 Å². The van der Waals surface area contributed by atoms with Gasteiger partial charge in [0.1, 0.15) is 5.82 Å². The number of carbonyl (C=O) groups excluding carboxylic acids is 1. The molecule has 2 rings (SSSR count). The molecule has 0 aromatic heterocycles. The Morgan fingerprint density at radius 1 is 1.38 bits per heavy atom. The lowest BCUT2D eigenvalue weighted by Gasteiger charge is -2.36. The molecular formula is C15H21ClFN3O. The molecule has 1 aromatic carbocycles. The summed E-state index contributed by atoms with van der Waals surface area (Å²) in [6.07, 6.45) is 0. The van der Waals surface area contributed by atoms with Gasteiger partial charge in [-0.15, -0.1) is 0 Å². The fraction of sp³-hybridized carbons (Fsp3) is 0.533. The number of amides is 1. The summed E-state index contributed by atoms with van der Waals surface area (Å²) >= 11 is 6.04. The van der Waals surface area contributed by atoms with Crippen molar-refractivity contribution in [2.75, 3.05) is 32.7 Å². The maximum absolute atomic E-state index is 13.8. The van der Waals surface area contributed by atoms with Crippen LogP contribution in [0.15, 0.2) is 18.2 Å². The number of nitrogens with two attached hydrogens (primary N) is 1. The van der Waals surface area contributed by atoms with Gasteiger partial charge in [0, 0.05) is 55.8 Å². The Morgan fingerprint density at radius 3 is 2.62 bits per heavy atom. The van der Waals surface area contributed by atoms with E-state index in [2.05, 4.69) is 4.90 Å². The minimum atomic E-state index is -0.280. The van der Waals surface area contributed by atoms with Crippen molar-refractivity contribution >= 4 is 17.5 Å². The highest BCUT2D eigenvalue weighted by Crippen LogP contribution is 2.21. The normalized spacial score (nSPS) is 17.8. The van der Waals surface area contributed by atoms with Gasteiger partial charge in [-0.2, -0.15) is 0 Å². The molecule has 21 heavy (non-hydrogen) atoms. The Bertz CT molecular complexity index is 483. The predicted octanol–water partition coefficient (Wildman–Crippen LogP) is 1.72. The first kappa shape index (κ1) is 16.2. The van der Waals surface area contributed by atoms with Crippen LogP contribution in [-0.4, -0.2) is 48.4 Å². The molecule has 0 saturated carbocycles. The van der Waals surface area contributed by atoms with Crippen LogP contribution in [0, 0.1) is 11.7 Å². The predicted molar refractivity (Wildman–Crippen MR) is 81.5 cm³/mol. The molecule has 0 bridgehead atoms. The molecule has 1 amide bonds. The summed E-state index contributed by atoms with van der Waals surface area (Å²) in [5.41, 5.74) is 6.05. The first-order chi connectivity index (χ1) is 10.0. The van der Waals surface area contributed by atoms with E-state index in [9.17, 15) is 9.18 Å². The second-order valence-electron chi connectivity index (χ2n) is 5.44. The molecule has 1 aliphatic rings. The highest BCUT2D eigenvalue weighted by molar-refractivity contribution is 6.31. The third-order valence-corrected chi connectivity index (χ3v) is 4.26. The van der Waals surface area contributed by atoms with Gasteiger partial charge in [0.2, 0.25) is 5.91 Å². The van der Waals surface area contributed by atoms with E-state index in [4.69, 9.17) is 17.3 Å². The summed E-state index contributed by atoms with van der Waals surface area (Å²) in [4.78, 5) is 16.0. The second kappa shape index (κ2) is 7.20. The molecule has 1 unspecified atom stereocenters. The molecular weight excluding hydrogens is 293 g/mol. The van der Waals surface area contributed by atoms with Gasteiger partial charge >= 0.3 is 0 Å². The van der Waals surface area contributed by atoms with Gasteiger partial charge in [-0.1, -0.05) is 24.6 Å². The minimum Gasteiger partial charge on any atom is -0.340 e. The molecule has 4 nitrogen and oxygen atoms in total. The molecule has 1 aliphatic heterocycles. The number of benzene rings is 1. The number of piperazine rings is 1. The van der Waals surface area contributed by atoms with Gasteiger partial charge in [0.05, 0.1) is 0 Å². The number of hydrogen-bond donors (Lipinski definition) is 1. The van der Waals surface area contributed by atoms with Gasteiger partial charge in [0.25, 0.3) is 0 Å². The van der Waals surface area contributed by atoms with E-state index in [1.165, 1.54) is 6.07 Å². The summed E-state index contributed by atoms with van der Waals surface area (Å²) < 4.78 is 13.8. The van der Waals surface area contributed by atoms with Crippen LogP contribution in [0.4, 0.5) is 4.39 Å². The first-order valence-electron chi connectivity index (χ1n) is 7.17. The molecule has 0 spiro atoms. The molecule has 1 saturated heterocycles. The zero-order valence-electron chi connectivity index (χ0n) is 12.2. The molecule has 1 heterocycles. The second-order valence-corrected chi connectivity index (χ2v) is 5.85. The van der Waals surface area contributed by atoms with Crippen molar-refractivity contribution in [2.45, 2.75) is 13.5 Å². The summed E-state index contributed by atoms with van der Waals surface area (Å²) in [5.74, 6) is -0.323. The third-order valence-electron chi connectivity index (χ3n) is 3.90. The fourth-order valence-corrected chi connectivity index (χ4v) is 2.67. The Balaban J connectivity index is 1.91. The van der Waals surface area contributed by atoms with E-state index in [-0.39, 0.29) is 17.6 Å². The van der Waals surface area contributed by atoms with E-state index >= 15 is 0 Å². The largest absolute Gasteiger partial charge is 0.340 e. The van der Waals surface area contributed by atoms with Crippen LogP contribution in [0.3, 0.4) is 0 Å². The number of hydrogen-bond acceptors (Lipinski definition) is 3. The molecule has 6 heteroatoms. The Labute approximate surface area is 129 Å². The van der Waals surface area contributed by atoms with Crippen LogP contribution in [0.25, 0.3) is 0 Å². The van der Waals surface area contributed by atoms with Gasteiger partial charge in [-0.3, -0.25) is 9.69 Å². The molecule has 116 valence electrons. The van der Waals surface area contributed by atoms with Gasteiger partial charge in [-0.25, -0.2) is 4.39 Å². The Hall–Kier alpha value is -1.17. The lowest BCUT2D eigenvalue weighted by atomic mass is 10.1. The van der Waals surface area contributed by atoms with Gasteiger partial charge in [-0.05, 0) is 12.1 Å². The zero-order chi connectivity index (χ0) is 15.4. The van der Waals surface area contributed by atoms with Gasteiger partial charge < -0.3 is 10.6 Å². The lowest BCUT2D eigenvalue weighted by Crippen LogP contribution is -2.50. The smallest absolute Gasteiger partial charge is 0.226 e. The van der Waals surface area contributed by atoms with Crippen molar-refractivity contribution in [3.63, 3.8) is 0 Å². The monoisotopic (exact) mass is 313 g/mol. The third kappa shape index (κ3) is 3.93. The molecule has 1 aromatic rings. The maximum atomic E-state index is 13.8. The van der Waals surface area contributed by atoms with Crippen molar-refractivity contribution in [3.8, 4) is 0 Å². The van der Waals surface area contributed by atoms with E-state index in [0.717, 1.165) is 0 Å². The van der Waals surface area contributed by atoms with Crippen LogP contribution >= 0.6 is 11.6 Å². The summed E-state index contributed by atoms with van der Waals surface area (Å²) in [6, 6.07) is 4.72. The standard InChI is InChI=1S/C15H21ClFN3O/c1-11(9-18)15(21)20-7-5-19(6-8-20)10-12-13(16)3-2-4-14(12)17/h2-4,11H,5-10,18H2,1H3. The number of halogens is 2.